The molecule has 6 bridgehead atoms. The van der Waals surface area contributed by atoms with Crippen molar-refractivity contribution in [2.75, 3.05) is 13.1 Å². The third kappa shape index (κ3) is 4.23. The molecule has 3 aromatic rings. The minimum atomic E-state index is -3.64. The van der Waals surface area contributed by atoms with Crippen molar-refractivity contribution in [3.63, 3.8) is 0 Å². The topological polar surface area (TPSA) is 100 Å². The molecule has 2 aliphatic rings. The summed E-state index contributed by atoms with van der Waals surface area (Å²) in [6, 6.07) is 14.1. The third-order valence-electron chi connectivity index (χ3n) is 5.71. The van der Waals surface area contributed by atoms with Gasteiger partial charge in [-0.25, -0.2) is 13.4 Å². The summed E-state index contributed by atoms with van der Waals surface area (Å²) in [5.74, 6) is 0.765. The molecular weight excluding hydrogens is 450 g/mol. The monoisotopic (exact) mass is 471 g/mol. The van der Waals surface area contributed by atoms with E-state index in [1.165, 1.54) is 10.4 Å². The first-order valence-electron chi connectivity index (χ1n) is 10.1. The molecule has 8 nitrogen and oxygen atoms in total. The van der Waals surface area contributed by atoms with Crippen molar-refractivity contribution in [3.8, 4) is 17.6 Å². The summed E-state index contributed by atoms with van der Waals surface area (Å²) in [6.07, 6.45) is 4.33. The summed E-state index contributed by atoms with van der Waals surface area (Å²) in [7, 11) is -3.64. The Hall–Kier alpha value is -2.90. The van der Waals surface area contributed by atoms with E-state index in [0.29, 0.717) is 43.2 Å². The van der Waals surface area contributed by atoms with Gasteiger partial charge in [-0.15, -0.1) is 12.4 Å². The van der Waals surface area contributed by atoms with Crippen LogP contribution in [0.2, 0.25) is 0 Å². The lowest BCUT2D eigenvalue weighted by Gasteiger charge is -2.19. The van der Waals surface area contributed by atoms with E-state index in [-0.39, 0.29) is 23.3 Å². The van der Waals surface area contributed by atoms with E-state index >= 15 is 0 Å². The SMILES string of the molecule is Cl.N#Cc1ccc2cc1Oc1cccc(c1)S(=O)(=O)N1CC[C@H](C1)NCc1cncn1C2. The Labute approximate surface area is 192 Å². The molecule has 1 saturated heterocycles. The number of sulfonamides is 1. The van der Waals surface area contributed by atoms with Crippen LogP contribution in [-0.2, 0) is 23.1 Å². The van der Waals surface area contributed by atoms with Crippen molar-refractivity contribution >= 4 is 22.4 Å². The van der Waals surface area contributed by atoms with Gasteiger partial charge in [-0.05, 0) is 36.2 Å². The predicted octanol–water partition coefficient (Wildman–Crippen LogP) is 2.88. The molecule has 0 saturated carbocycles. The molecule has 2 atom stereocenters. The number of hydrogen-bond acceptors (Lipinski definition) is 6. The number of nitrogens with one attached hydrogen (secondary N) is 1. The van der Waals surface area contributed by atoms with Gasteiger partial charge in [0.1, 0.15) is 17.6 Å². The second-order valence-electron chi connectivity index (χ2n) is 7.76. The normalized spacial score (nSPS) is 21.5. The maximum atomic E-state index is 13.2. The van der Waals surface area contributed by atoms with Crippen LogP contribution in [0.4, 0.5) is 0 Å². The largest absolute Gasteiger partial charge is 0.456 e. The Bertz CT molecular complexity index is 1280. The highest BCUT2D eigenvalue weighted by Gasteiger charge is 2.32. The van der Waals surface area contributed by atoms with Crippen molar-refractivity contribution in [2.45, 2.75) is 30.4 Å². The van der Waals surface area contributed by atoms with Crippen LogP contribution in [0.3, 0.4) is 0 Å². The number of benzene rings is 2. The summed E-state index contributed by atoms with van der Waals surface area (Å²) in [4.78, 5) is 4.46. The fraction of sp³-hybridized carbons (Fsp3) is 0.273. The fourth-order valence-corrected chi connectivity index (χ4v) is 5.55. The maximum Gasteiger partial charge on any atom is 0.243 e. The molecule has 2 aliphatic heterocycles. The molecule has 10 heteroatoms. The van der Waals surface area contributed by atoms with Crippen LogP contribution >= 0.6 is 12.4 Å². The van der Waals surface area contributed by atoms with Gasteiger partial charge in [-0.3, -0.25) is 0 Å². The van der Waals surface area contributed by atoms with Gasteiger partial charge in [0, 0.05) is 44.5 Å². The van der Waals surface area contributed by atoms with E-state index < -0.39 is 10.0 Å². The Balaban J connectivity index is 0.00000245. The maximum absolute atomic E-state index is 13.2. The van der Waals surface area contributed by atoms with Crippen LogP contribution in [0.1, 0.15) is 23.2 Å². The molecule has 3 heterocycles. The molecule has 0 spiro atoms. The van der Waals surface area contributed by atoms with Crippen LogP contribution in [0, 0.1) is 11.3 Å². The molecule has 32 heavy (non-hydrogen) atoms. The zero-order valence-electron chi connectivity index (χ0n) is 17.1. The molecule has 166 valence electrons. The molecule has 1 unspecified atom stereocenters. The highest BCUT2D eigenvalue weighted by molar-refractivity contribution is 7.89. The van der Waals surface area contributed by atoms with Crippen LogP contribution in [-0.4, -0.2) is 41.4 Å². The van der Waals surface area contributed by atoms with Gasteiger partial charge < -0.3 is 14.6 Å². The summed E-state index contributed by atoms with van der Waals surface area (Å²) < 4.78 is 35.9. The minimum Gasteiger partial charge on any atom is -0.456 e. The summed E-state index contributed by atoms with van der Waals surface area (Å²) in [5, 5.41) is 13.0. The Morgan fingerprint density at radius 1 is 1.22 bits per heavy atom. The third-order valence-corrected chi connectivity index (χ3v) is 7.57. The van der Waals surface area contributed by atoms with E-state index in [2.05, 4.69) is 16.4 Å². The zero-order valence-corrected chi connectivity index (χ0v) is 18.8. The summed E-state index contributed by atoms with van der Waals surface area (Å²) >= 11 is 0. The molecule has 1 aromatic heterocycles. The molecule has 2 aromatic carbocycles. The van der Waals surface area contributed by atoms with E-state index in [0.717, 1.165) is 17.7 Å². The Morgan fingerprint density at radius 2 is 2.09 bits per heavy atom. The molecule has 5 rings (SSSR count). The number of fused-ring (bicyclic) bond motifs is 7. The number of aromatic nitrogens is 2. The number of halogens is 1. The predicted molar refractivity (Wildman–Crippen MR) is 120 cm³/mol. The minimum absolute atomic E-state index is 0. The average molecular weight is 472 g/mol. The van der Waals surface area contributed by atoms with Gasteiger partial charge in [0.05, 0.1) is 22.5 Å². The number of hydrogen-bond donors (Lipinski definition) is 1. The smallest absolute Gasteiger partial charge is 0.243 e. The van der Waals surface area contributed by atoms with E-state index in [4.69, 9.17) is 4.74 Å². The first-order chi connectivity index (χ1) is 15.0. The highest BCUT2D eigenvalue weighted by atomic mass is 35.5. The van der Waals surface area contributed by atoms with Gasteiger partial charge >= 0.3 is 0 Å². The zero-order chi connectivity index (χ0) is 21.4. The van der Waals surface area contributed by atoms with Crippen LogP contribution in [0.25, 0.3) is 0 Å². The highest BCUT2D eigenvalue weighted by Crippen LogP contribution is 2.30. The number of ether oxygens (including phenoxy) is 1. The van der Waals surface area contributed by atoms with Crippen LogP contribution < -0.4 is 10.1 Å². The van der Waals surface area contributed by atoms with Gasteiger partial charge in [0.2, 0.25) is 10.0 Å². The first kappa shape index (κ1) is 22.3. The Morgan fingerprint density at radius 3 is 2.94 bits per heavy atom. The lowest BCUT2D eigenvalue weighted by Crippen LogP contribution is -2.35. The van der Waals surface area contributed by atoms with Gasteiger partial charge in [0.25, 0.3) is 0 Å². The van der Waals surface area contributed by atoms with Gasteiger partial charge in [-0.2, -0.15) is 9.57 Å². The van der Waals surface area contributed by atoms with Crippen LogP contribution in [0.5, 0.6) is 11.5 Å². The van der Waals surface area contributed by atoms with Crippen molar-refractivity contribution in [1.29, 1.82) is 5.26 Å². The van der Waals surface area contributed by atoms with Crippen molar-refractivity contribution < 1.29 is 13.2 Å². The number of nitriles is 1. The number of nitrogens with zero attached hydrogens (tertiary/aromatic N) is 4. The van der Waals surface area contributed by atoms with Crippen molar-refractivity contribution in [3.05, 3.63) is 71.8 Å². The molecule has 1 N–H and O–H groups in total. The molecule has 1 fully saturated rings. The molecule has 0 radical (unpaired) electrons. The van der Waals surface area contributed by atoms with E-state index in [1.807, 2.05) is 22.9 Å². The summed E-state index contributed by atoms with van der Waals surface area (Å²) in [6.45, 7) is 2.06. The summed E-state index contributed by atoms with van der Waals surface area (Å²) in [5.41, 5.74) is 2.34. The standard InChI is InChI=1S/C22H21N5O3S.ClH/c23-10-17-5-4-16-8-22(17)30-20-2-1-3-21(9-20)31(28,29)27-7-6-18(14-27)25-12-19-11-24-15-26(19)13-16;/h1-5,8-9,11,15,18,25H,6-7,12-14H2;1H/t18-;/m1./s1. The fourth-order valence-electron chi connectivity index (χ4n) is 4.01. The van der Waals surface area contributed by atoms with Gasteiger partial charge in [0.15, 0.2) is 0 Å². The average Bonchev–Trinajstić information content (AvgIpc) is 3.42. The lowest BCUT2D eigenvalue weighted by atomic mass is 10.1. The van der Waals surface area contributed by atoms with Crippen LogP contribution in [0.15, 0.2) is 59.9 Å². The Kier molecular flexibility index (Phi) is 6.22. The van der Waals surface area contributed by atoms with E-state index in [9.17, 15) is 13.7 Å². The van der Waals surface area contributed by atoms with Crippen molar-refractivity contribution in [1.82, 2.24) is 19.2 Å². The second-order valence-corrected chi connectivity index (χ2v) is 9.70. The number of imidazole rings is 1. The van der Waals surface area contributed by atoms with E-state index in [1.54, 1.807) is 30.6 Å². The molecule has 0 amide bonds. The lowest BCUT2D eigenvalue weighted by molar-refractivity contribution is 0.451. The molecular formula is C22H22ClN5O3S. The quantitative estimate of drug-likeness (QED) is 0.541. The second kappa shape index (κ2) is 8.92. The van der Waals surface area contributed by atoms with Gasteiger partial charge in [-0.1, -0.05) is 12.1 Å². The number of rotatable bonds is 0. The molecule has 0 aliphatic carbocycles. The first-order valence-corrected chi connectivity index (χ1v) is 11.5. The van der Waals surface area contributed by atoms with Crippen molar-refractivity contribution in [2.24, 2.45) is 0 Å².